The Bertz CT molecular complexity index is 2880. The summed E-state index contributed by atoms with van der Waals surface area (Å²) in [6, 6.07) is 70.7. The molecule has 0 saturated carbocycles. The van der Waals surface area contributed by atoms with E-state index >= 15 is 0 Å². The number of hydrogen-bond donors (Lipinski definition) is 0. The molecule has 10 aromatic rings. The molecule has 3 nitrogen and oxygen atoms in total. The van der Waals surface area contributed by atoms with E-state index in [1.54, 1.807) is 11.3 Å². The fourth-order valence-electron chi connectivity index (χ4n) is 7.43. The van der Waals surface area contributed by atoms with Crippen molar-refractivity contribution in [3.8, 4) is 78.7 Å². The largest absolute Gasteiger partial charge is 0.208 e. The molecule has 0 unspecified atom stereocenters. The van der Waals surface area contributed by atoms with E-state index in [9.17, 15) is 0 Å². The number of fused-ring (bicyclic) bond motifs is 3. The zero-order chi connectivity index (χ0) is 36.6. The Morgan fingerprint density at radius 1 is 0.273 bits per heavy atom. The highest BCUT2D eigenvalue weighted by molar-refractivity contribution is 7.26. The van der Waals surface area contributed by atoms with Crippen molar-refractivity contribution < 1.29 is 0 Å². The summed E-state index contributed by atoms with van der Waals surface area (Å²) < 4.78 is 2.43. The Morgan fingerprint density at radius 3 is 1.38 bits per heavy atom. The van der Waals surface area contributed by atoms with Crippen molar-refractivity contribution in [2.24, 2.45) is 0 Å². The van der Waals surface area contributed by atoms with Crippen LogP contribution in [0.1, 0.15) is 0 Å². The molecule has 0 aliphatic carbocycles. The Kier molecular flexibility index (Phi) is 8.36. The summed E-state index contributed by atoms with van der Waals surface area (Å²) in [5.74, 6) is 1.98. The van der Waals surface area contributed by atoms with Crippen LogP contribution < -0.4 is 0 Å². The van der Waals surface area contributed by atoms with Gasteiger partial charge in [-0.25, -0.2) is 15.0 Å². The van der Waals surface area contributed by atoms with Crippen LogP contribution in [0.15, 0.2) is 200 Å². The van der Waals surface area contributed by atoms with Crippen LogP contribution >= 0.6 is 11.3 Å². The van der Waals surface area contributed by atoms with Crippen molar-refractivity contribution in [3.05, 3.63) is 200 Å². The van der Waals surface area contributed by atoms with Crippen LogP contribution in [0.3, 0.4) is 0 Å². The van der Waals surface area contributed by atoms with Gasteiger partial charge in [0.05, 0.1) is 0 Å². The molecular formula is C51H33N3S. The van der Waals surface area contributed by atoms with Gasteiger partial charge in [0, 0.05) is 36.9 Å². The highest BCUT2D eigenvalue weighted by Gasteiger charge is 2.18. The number of thiophene rings is 1. The molecule has 0 fully saturated rings. The molecule has 0 aliphatic heterocycles. The number of nitrogens with zero attached hydrogens (tertiary/aromatic N) is 3. The first kappa shape index (κ1) is 32.6. The Hall–Kier alpha value is -7.01. The smallest absolute Gasteiger partial charge is 0.164 e. The predicted molar refractivity (Wildman–Crippen MR) is 231 cm³/mol. The molecule has 0 N–H and O–H groups in total. The van der Waals surface area contributed by atoms with Gasteiger partial charge in [-0.3, -0.25) is 0 Å². The minimum absolute atomic E-state index is 0.657. The van der Waals surface area contributed by atoms with Crippen molar-refractivity contribution in [3.63, 3.8) is 0 Å². The number of aromatic nitrogens is 3. The molecule has 0 bridgehead atoms. The summed E-state index contributed by atoms with van der Waals surface area (Å²) in [6.07, 6.45) is 0. The Balaban J connectivity index is 1.11. The van der Waals surface area contributed by atoms with E-state index in [-0.39, 0.29) is 0 Å². The molecule has 258 valence electrons. The maximum atomic E-state index is 5.11. The summed E-state index contributed by atoms with van der Waals surface area (Å²) in [6.45, 7) is 0. The van der Waals surface area contributed by atoms with E-state index in [1.165, 1.54) is 53.7 Å². The maximum absolute atomic E-state index is 5.11. The van der Waals surface area contributed by atoms with E-state index < -0.39 is 0 Å². The second-order valence-electron chi connectivity index (χ2n) is 13.6. The monoisotopic (exact) mass is 719 g/mol. The lowest BCUT2D eigenvalue weighted by Crippen LogP contribution is -2.00. The topological polar surface area (TPSA) is 38.7 Å². The molecule has 0 aliphatic rings. The van der Waals surface area contributed by atoms with Crippen molar-refractivity contribution in [2.45, 2.75) is 0 Å². The normalized spacial score (nSPS) is 11.3. The third-order valence-corrected chi connectivity index (χ3v) is 11.3. The molecule has 4 heteroatoms. The van der Waals surface area contributed by atoms with E-state index in [0.29, 0.717) is 17.5 Å². The lowest BCUT2D eigenvalue weighted by molar-refractivity contribution is 1.08. The van der Waals surface area contributed by atoms with Crippen LogP contribution in [0.5, 0.6) is 0 Å². The first-order chi connectivity index (χ1) is 27.2. The third-order valence-electron chi connectivity index (χ3n) is 10.2. The van der Waals surface area contributed by atoms with E-state index in [1.807, 2.05) is 36.4 Å². The maximum Gasteiger partial charge on any atom is 0.164 e. The second-order valence-corrected chi connectivity index (χ2v) is 14.7. The summed E-state index contributed by atoms with van der Waals surface area (Å²) in [7, 11) is 0. The van der Waals surface area contributed by atoms with Gasteiger partial charge < -0.3 is 0 Å². The molecule has 55 heavy (non-hydrogen) atoms. The second kappa shape index (κ2) is 14.1. The van der Waals surface area contributed by atoms with Gasteiger partial charge in [0.1, 0.15) is 0 Å². The van der Waals surface area contributed by atoms with Crippen molar-refractivity contribution in [2.75, 3.05) is 0 Å². The predicted octanol–water partition coefficient (Wildman–Crippen LogP) is 13.9. The van der Waals surface area contributed by atoms with Gasteiger partial charge in [-0.1, -0.05) is 176 Å². The van der Waals surface area contributed by atoms with Crippen molar-refractivity contribution in [1.29, 1.82) is 0 Å². The lowest BCUT2D eigenvalue weighted by Gasteiger charge is -2.14. The van der Waals surface area contributed by atoms with Crippen LogP contribution in [0, 0.1) is 0 Å². The highest BCUT2D eigenvalue weighted by Crippen LogP contribution is 2.43. The van der Waals surface area contributed by atoms with E-state index in [4.69, 9.17) is 15.0 Å². The summed E-state index contributed by atoms with van der Waals surface area (Å²) in [4.78, 5) is 15.2. The third kappa shape index (κ3) is 6.29. The quantitative estimate of drug-likeness (QED) is 0.165. The molecule has 2 heterocycles. The number of rotatable bonds is 7. The summed E-state index contributed by atoms with van der Waals surface area (Å²) >= 11 is 1.80. The first-order valence-electron chi connectivity index (χ1n) is 18.4. The molecule has 0 atom stereocenters. The molecule has 0 spiro atoms. The molecule has 0 radical (unpaired) electrons. The van der Waals surface area contributed by atoms with Gasteiger partial charge in [-0.15, -0.1) is 11.3 Å². The molecule has 10 rings (SSSR count). The van der Waals surface area contributed by atoms with Crippen molar-refractivity contribution >= 4 is 31.5 Å². The van der Waals surface area contributed by atoms with Gasteiger partial charge in [0.15, 0.2) is 17.5 Å². The molecular weight excluding hydrogens is 687 g/mol. The van der Waals surface area contributed by atoms with E-state index in [0.717, 1.165) is 27.6 Å². The van der Waals surface area contributed by atoms with Crippen LogP contribution in [0.25, 0.3) is 98.8 Å². The van der Waals surface area contributed by atoms with Gasteiger partial charge in [-0.05, 0) is 68.8 Å². The first-order valence-corrected chi connectivity index (χ1v) is 19.3. The number of benzene rings is 8. The fourth-order valence-corrected chi connectivity index (χ4v) is 8.54. The lowest BCUT2D eigenvalue weighted by atomic mass is 9.90. The Labute approximate surface area is 323 Å². The average molecular weight is 720 g/mol. The van der Waals surface area contributed by atoms with Crippen LogP contribution in [-0.2, 0) is 0 Å². The fraction of sp³-hybridized carbons (Fsp3) is 0. The Morgan fingerprint density at radius 2 is 0.745 bits per heavy atom. The molecule has 0 amide bonds. The average Bonchev–Trinajstić information content (AvgIpc) is 3.66. The van der Waals surface area contributed by atoms with Crippen LogP contribution in [0.2, 0.25) is 0 Å². The van der Waals surface area contributed by atoms with E-state index in [2.05, 4.69) is 164 Å². The summed E-state index contributed by atoms with van der Waals surface area (Å²) in [5, 5.41) is 2.35. The number of hydrogen-bond acceptors (Lipinski definition) is 4. The minimum Gasteiger partial charge on any atom is -0.208 e. The van der Waals surface area contributed by atoms with Gasteiger partial charge >= 0.3 is 0 Å². The van der Waals surface area contributed by atoms with Crippen LogP contribution in [-0.4, -0.2) is 15.0 Å². The minimum atomic E-state index is 0.657. The molecule has 0 saturated heterocycles. The molecule has 8 aromatic carbocycles. The summed E-state index contributed by atoms with van der Waals surface area (Å²) in [5.41, 5.74) is 12.5. The van der Waals surface area contributed by atoms with Gasteiger partial charge in [0.2, 0.25) is 0 Å². The zero-order valence-corrected chi connectivity index (χ0v) is 30.6. The van der Waals surface area contributed by atoms with Gasteiger partial charge in [0.25, 0.3) is 0 Å². The highest BCUT2D eigenvalue weighted by atomic mass is 32.1. The SMILES string of the molecule is c1ccc(-c2ccc(-c3ccc(-c4ccc5sc6cccc(-c7nc(-c8ccccc8)nc(-c8ccccc8)n7)c6c5c4)cc3-c3ccccc3)cc2)cc1. The zero-order valence-electron chi connectivity index (χ0n) is 29.8. The molecule has 2 aromatic heterocycles. The van der Waals surface area contributed by atoms with Crippen molar-refractivity contribution in [1.82, 2.24) is 15.0 Å². The van der Waals surface area contributed by atoms with Gasteiger partial charge in [-0.2, -0.15) is 0 Å². The standard InChI is InChI=1S/C51H33N3S/c1-5-14-34(15-6-1)35-24-26-37(27-25-35)42-30-28-40(32-44(42)36-16-7-2-8-17-36)41-29-31-46-45(33-41)48-43(22-13-23-47(48)55-46)51-53-49(38-18-9-3-10-19-38)52-50(54-51)39-20-11-4-12-21-39/h1-33H. The van der Waals surface area contributed by atoms with Crippen LogP contribution in [0.4, 0.5) is 0 Å².